The number of methoxy groups -OCH3 is 2. The predicted molar refractivity (Wildman–Crippen MR) is 155 cm³/mol. The van der Waals surface area contributed by atoms with Crippen molar-refractivity contribution in [3.8, 4) is 11.5 Å². The molecule has 2 aromatic carbocycles. The minimum absolute atomic E-state index is 0.0864. The van der Waals surface area contributed by atoms with Crippen LogP contribution in [0.2, 0.25) is 0 Å². The van der Waals surface area contributed by atoms with Crippen LogP contribution in [-0.2, 0) is 26.6 Å². The van der Waals surface area contributed by atoms with E-state index in [2.05, 4.69) is 10.6 Å². The Morgan fingerprint density at radius 2 is 0.980 bits per heavy atom. The van der Waals surface area contributed by atoms with Crippen molar-refractivity contribution in [1.29, 1.82) is 0 Å². The normalized spacial score (nSPS) is 30.0. The highest BCUT2D eigenvalue weighted by Crippen LogP contribution is 2.35. The maximum Gasteiger partial charge on any atom is 0.417 e. The molecule has 0 aliphatic carbocycles. The van der Waals surface area contributed by atoms with Crippen LogP contribution in [0.25, 0.3) is 0 Å². The Morgan fingerprint density at radius 1 is 0.627 bits per heavy atom. The number of aliphatic hydroxyl groups excluding tert-OH is 6. The zero-order valence-electron chi connectivity index (χ0n) is 26.5. The number of aliphatic hydroxyl groups is 6. The van der Waals surface area contributed by atoms with Gasteiger partial charge in [-0.2, -0.15) is 26.3 Å². The van der Waals surface area contributed by atoms with Gasteiger partial charge in [0.1, 0.15) is 60.3 Å². The molecule has 10 unspecified atom stereocenters. The number of alkyl halides is 6. The Morgan fingerprint density at radius 3 is 1.29 bits per heavy atom. The van der Waals surface area contributed by atoms with E-state index >= 15 is 0 Å². The highest BCUT2D eigenvalue weighted by molar-refractivity contribution is 5.97. The van der Waals surface area contributed by atoms with Gasteiger partial charge in [-0.1, -0.05) is 0 Å². The quantitative estimate of drug-likeness (QED) is 0.144. The smallest absolute Gasteiger partial charge is 0.417 e. The largest absolute Gasteiger partial charge is 0.497 e. The SMILES string of the molecule is COc1ccc(C(F)(F)F)c(C(=O)NCC2OC(OC3OC(CNC(=O)c4cc(OC)ccc4C(F)(F)F)C(O)C(O)C3O)C(O)C(O)C2O)c1. The van der Waals surface area contributed by atoms with Crippen LogP contribution in [0, 0.1) is 0 Å². The summed E-state index contributed by atoms with van der Waals surface area (Å²) in [5.74, 6) is -2.76. The van der Waals surface area contributed by atoms with Gasteiger partial charge in [0.15, 0.2) is 12.6 Å². The van der Waals surface area contributed by atoms with Gasteiger partial charge in [-0.05, 0) is 36.4 Å². The Kier molecular flexibility index (Phi) is 12.4. The molecule has 0 bridgehead atoms. The molecule has 21 heteroatoms. The van der Waals surface area contributed by atoms with E-state index in [1.165, 1.54) is 0 Å². The van der Waals surface area contributed by atoms with Gasteiger partial charge in [0.05, 0.1) is 36.5 Å². The lowest BCUT2D eigenvalue weighted by atomic mass is 9.97. The monoisotopic (exact) mass is 744 g/mol. The van der Waals surface area contributed by atoms with Crippen molar-refractivity contribution in [2.45, 2.75) is 73.8 Å². The van der Waals surface area contributed by atoms with Crippen LogP contribution >= 0.6 is 0 Å². The molecule has 2 aliphatic heterocycles. The van der Waals surface area contributed by atoms with Gasteiger partial charge in [0.2, 0.25) is 0 Å². The Bertz CT molecular complexity index is 1440. The Labute approximate surface area is 284 Å². The highest BCUT2D eigenvalue weighted by atomic mass is 19.4. The average molecular weight is 745 g/mol. The molecule has 2 aliphatic rings. The predicted octanol–water partition coefficient (Wildman–Crippen LogP) is -0.467. The molecular weight excluding hydrogens is 710 g/mol. The molecule has 2 saturated heterocycles. The summed E-state index contributed by atoms with van der Waals surface area (Å²) in [6.45, 7) is -1.54. The van der Waals surface area contributed by atoms with Crippen molar-refractivity contribution in [3.63, 3.8) is 0 Å². The number of hydrogen-bond donors (Lipinski definition) is 8. The van der Waals surface area contributed by atoms with Crippen LogP contribution in [0.4, 0.5) is 26.3 Å². The number of halogens is 6. The third-order valence-corrected chi connectivity index (χ3v) is 8.09. The number of benzene rings is 2. The third kappa shape index (κ3) is 8.99. The number of rotatable bonds is 10. The first kappa shape index (κ1) is 40.0. The zero-order valence-corrected chi connectivity index (χ0v) is 26.5. The summed E-state index contributed by atoms with van der Waals surface area (Å²) in [6, 6.07) is 4.81. The number of hydrogen-bond acceptors (Lipinski definition) is 13. The van der Waals surface area contributed by atoms with Crippen LogP contribution in [0.3, 0.4) is 0 Å². The van der Waals surface area contributed by atoms with Gasteiger partial charge in [-0.25, -0.2) is 0 Å². The fourth-order valence-corrected chi connectivity index (χ4v) is 5.28. The Balaban J connectivity index is 1.45. The van der Waals surface area contributed by atoms with Crippen molar-refractivity contribution < 1.29 is 90.3 Å². The van der Waals surface area contributed by atoms with Crippen LogP contribution in [0.5, 0.6) is 11.5 Å². The van der Waals surface area contributed by atoms with E-state index in [0.717, 1.165) is 38.5 Å². The topological polar surface area (TPSA) is 226 Å². The summed E-state index contributed by atoms with van der Waals surface area (Å²) in [5, 5.41) is 67.0. The lowest BCUT2D eigenvalue weighted by Gasteiger charge is -2.45. The second-order valence-corrected chi connectivity index (χ2v) is 11.4. The van der Waals surface area contributed by atoms with Crippen molar-refractivity contribution in [2.24, 2.45) is 0 Å². The van der Waals surface area contributed by atoms with Gasteiger partial charge in [-0.15, -0.1) is 0 Å². The summed E-state index contributed by atoms with van der Waals surface area (Å²) in [7, 11) is 2.31. The molecule has 284 valence electrons. The first-order valence-electron chi connectivity index (χ1n) is 14.9. The minimum Gasteiger partial charge on any atom is -0.497 e. The molecule has 2 fully saturated rings. The summed E-state index contributed by atoms with van der Waals surface area (Å²) in [4.78, 5) is 25.6. The molecule has 15 nitrogen and oxygen atoms in total. The molecule has 51 heavy (non-hydrogen) atoms. The standard InChI is InChI=1S/C30H34F6N2O13/c1-47-11-3-5-15(29(31,32)33)13(7-11)25(45)37-9-17-19(39)21(41)23(43)27(49-17)51-28-24(44)22(42)20(40)18(50-28)10-38-26(46)14-8-12(48-2)4-6-16(14)30(34,35)36/h3-8,17-24,27-28,39-44H,9-10H2,1-2H3,(H,37,45)(H,38,46). The lowest BCUT2D eigenvalue weighted by molar-refractivity contribution is -0.372. The third-order valence-electron chi connectivity index (χ3n) is 8.09. The van der Waals surface area contributed by atoms with Crippen LogP contribution in [0.1, 0.15) is 31.8 Å². The maximum absolute atomic E-state index is 13.5. The second kappa shape index (κ2) is 15.8. The van der Waals surface area contributed by atoms with E-state index < -0.39 is 121 Å². The van der Waals surface area contributed by atoms with Gasteiger partial charge in [0, 0.05) is 13.1 Å². The average Bonchev–Trinajstić information content (AvgIpc) is 3.09. The van der Waals surface area contributed by atoms with Gasteiger partial charge in [0.25, 0.3) is 11.8 Å². The molecule has 2 heterocycles. The van der Waals surface area contributed by atoms with Gasteiger partial charge >= 0.3 is 12.4 Å². The number of carbonyl (C=O) groups excluding carboxylic acids is 2. The summed E-state index contributed by atoms with van der Waals surface area (Å²) < 4.78 is 107. The molecular formula is C30H34F6N2O13. The Hall–Kier alpha value is -3.80. The van der Waals surface area contributed by atoms with E-state index in [-0.39, 0.29) is 11.5 Å². The first-order chi connectivity index (χ1) is 23.8. The number of ether oxygens (including phenoxy) is 5. The number of nitrogens with one attached hydrogen (secondary N) is 2. The lowest BCUT2D eigenvalue weighted by Crippen LogP contribution is -2.64. The van der Waals surface area contributed by atoms with Crippen molar-refractivity contribution in [1.82, 2.24) is 10.6 Å². The molecule has 4 rings (SSSR count). The molecule has 0 spiro atoms. The molecule has 2 aromatic rings. The number of amides is 2. The first-order valence-corrected chi connectivity index (χ1v) is 14.9. The van der Waals surface area contributed by atoms with E-state index in [0.29, 0.717) is 12.1 Å². The molecule has 0 saturated carbocycles. The van der Waals surface area contributed by atoms with Gasteiger partial charge < -0.3 is 65.0 Å². The number of carbonyl (C=O) groups is 2. The van der Waals surface area contributed by atoms with E-state index in [9.17, 15) is 66.6 Å². The molecule has 0 radical (unpaired) electrons. The second-order valence-electron chi connectivity index (χ2n) is 11.4. The van der Waals surface area contributed by atoms with Crippen molar-refractivity contribution in [2.75, 3.05) is 27.3 Å². The summed E-state index contributed by atoms with van der Waals surface area (Å²) in [6.07, 6.45) is -29.6. The van der Waals surface area contributed by atoms with Gasteiger partial charge in [-0.3, -0.25) is 9.59 Å². The van der Waals surface area contributed by atoms with E-state index in [1.54, 1.807) is 0 Å². The molecule has 0 aromatic heterocycles. The molecule has 2 amide bonds. The zero-order chi connectivity index (χ0) is 38.0. The van der Waals surface area contributed by atoms with Crippen molar-refractivity contribution >= 4 is 11.8 Å². The summed E-state index contributed by atoms with van der Waals surface area (Å²) in [5.41, 5.74) is -4.35. The summed E-state index contributed by atoms with van der Waals surface area (Å²) >= 11 is 0. The molecule has 8 N–H and O–H groups in total. The van der Waals surface area contributed by atoms with Crippen LogP contribution < -0.4 is 20.1 Å². The fourth-order valence-electron chi connectivity index (χ4n) is 5.28. The van der Waals surface area contributed by atoms with E-state index in [4.69, 9.17) is 23.7 Å². The molecule has 10 atom stereocenters. The highest BCUT2D eigenvalue weighted by Gasteiger charge is 2.50. The fraction of sp³-hybridized carbons (Fsp3) is 0.533. The minimum atomic E-state index is -4.94. The van der Waals surface area contributed by atoms with E-state index in [1.807, 2.05) is 0 Å². The van der Waals surface area contributed by atoms with Crippen LogP contribution in [-0.4, -0.2) is 131 Å². The van der Waals surface area contributed by atoms with Crippen molar-refractivity contribution in [3.05, 3.63) is 58.7 Å². The van der Waals surface area contributed by atoms with Crippen LogP contribution in [0.15, 0.2) is 36.4 Å². The maximum atomic E-state index is 13.5.